The summed E-state index contributed by atoms with van der Waals surface area (Å²) in [6, 6.07) is 2.25. The van der Waals surface area contributed by atoms with Crippen LogP contribution in [0, 0.1) is 6.92 Å². The number of halogens is 3. The molecule has 2 aromatic rings. The van der Waals surface area contributed by atoms with Crippen LogP contribution in [0.2, 0.25) is 0 Å². The second-order valence-corrected chi connectivity index (χ2v) is 5.27. The molecule has 0 N–H and O–H groups in total. The maximum absolute atomic E-state index is 12.9. The number of hydrogen-bond donors (Lipinski definition) is 0. The third-order valence-corrected chi connectivity index (χ3v) is 3.52. The number of pyridine rings is 1. The highest BCUT2D eigenvalue weighted by Gasteiger charge is 2.31. The van der Waals surface area contributed by atoms with Crippen molar-refractivity contribution in [3.05, 3.63) is 35.3 Å². The first kappa shape index (κ1) is 16.3. The van der Waals surface area contributed by atoms with Crippen LogP contribution in [-0.4, -0.2) is 33.8 Å². The molecule has 0 unspecified atom stereocenters. The lowest BCUT2D eigenvalue weighted by molar-refractivity contribution is -0.137. The van der Waals surface area contributed by atoms with Crippen molar-refractivity contribution in [1.29, 1.82) is 0 Å². The molecule has 22 heavy (non-hydrogen) atoms. The third-order valence-electron chi connectivity index (χ3n) is 3.52. The Labute approximate surface area is 126 Å². The minimum atomic E-state index is -4.46. The molecule has 0 aliphatic rings. The summed E-state index contributed by atoms with van der Waals surface area (Å²) in [7, 11) is 1.64. The van der Waals surface area contributed by atoms with E-state index in [1.807, 2.05) is 6.92 Å². The molecule has 0 aliphatic heterocycles. The zero-order valence-electron chi connectivity index (χ0n) is 12.7. The number of unbranched alkanes of at least 4 members (excludes halogenated alkanes) is 1. The van der Waals surface area contributed by atoms with Crippen molar-refractivity contribution < 1.29 is 18.0 Å². The largest absolute Gasteiger partial charge is 0.417 e. The predicted molar refractivity (Wildman–Crippen MR) is 76.8 cm³/mol. The number of amides is 1. The van der Waals surface area contributed by atoms with Gasteiger partial charge in [-0.3, -0.25) is 9.20 Å². The summed E-state index contributed by atoms with van der Waals surface area (Å²) < 4.78 is 39.8. The minimum Gasteiger partial charge on any atom is -0.340 e. The van der Waals surface area contributed by atoms with Gasteiger partial charge < -0.3 is 4.90 Å². The lowest BCUT2D eigenvalue weighted by Crippen LogP contribution is -2.29. The van der Waals surface area contributed by atoms with Gasteiger partial charge in [0.1, 0.15) is 11.3 Å². The van der Waals surface area contributed by atoms with Gasteiger partial charge >= 0.3 is 6.18 Å². The summed E-state index contributed by atoms with van der Waals surface area (Å²) in [5.74, 6) is -0.322. The van der Waals surface area contributed by atoms with Crippen LogP contribution < -0.4 is 0 Å². The van der Waals surface area contributed by atoms with E-state index < -0.39 is 11.7 Å². The SMILES string of the molecule is CCCCN(C)C(=O)c1c(C)nc2ccc(C(F)(F)F)cn12. The number of carbonyl (C=O) groups excluding carboxylic acids is 1. The van der Waals surface area contributed by atoms with Gasteiger partial charge in [0, 0.05) is 19.8 Å². The molecule has 0 radical (unpaired) electrons. The molecule has 2 rings (SSSR count). The predicted octanol–water partition coefficient (Wildman–Crippen LogP) is 3.53. The molecular formula is C15H18F3N3O. The van der Waals surface area contributed by atoms with E-state index in [2.05, 4.69) is 4.98 Å². The number of rotatable bonds is 4. The van der Waals surface area contributed by atoms with Crippen molar-refractivity contribution in [3.63, 3.8) is 0 Å². The number of fused-ring (bicyclic) bond motifs is 1. The van der Waals surface area contributed by atoms with Crippen LogP contribution in [0.15, 0.2) is 18.3 Å². The van der Waals surface area contributed by atoms with Crippen molar-refractivity contribution in [1.82, 2.24) is 14.3 Å². The first-order chi connectivity index (χ1) is 10.3. The standard InChI is InChI=1S/C15H18F3N3O/c1-4-5-8-20(3)14(22)13-10(2)19-12-7-6-11(9-21(12)13)15(16,17)18/h6-7,9H,4-5,8H2,1-3H3. The molecule has 2 heterocycles. The molecule has 0 saturated heterocycles. The highest BCUT2D eigenvalue weighted by Crippen LogP contribution is 2.30. The van der Waals surface area contributed by atoms with Gasteiger partial charge in [-0.15, -0.1) is 0 Å². The maximum Gasteiger partial charge on any atom is 0.417 e. The Kier molecular flexibility index (Phi) is 4.44. The number of carbonyl (C=O) groups is 1. The molecule has 0 aromatic carbocycles. The van der Waals surface area contributed by atoms with Crippen LogP contribution in [-0.2, 0) is 6.18 Å². The van der Waals surface area contributed by atoms with Crippen molar-refractivity contribution >= 4 is 11.6 Å². The molecule has 4 nitrogen and oxygen atoms in total. The highest BCUT2D eigenvalue weighted by atomic mass is 19.4. The quantitative estimate of drug-likeness (QED) is 0.866. The average molecular weight is 313 g/mol. The van der Waals surface area contributed by atoms with E-state index >= 15 is 0 Å². The number of alkyl halides is 3. The highest BCUT2D eigenvalue weighted by molar-refractivity contribution is 5.94. The molecule has 0 bridgehead atoms. The summed E-state index contributed by atoms with van der Waals surface area (Å²) in [6.07, 6.45) is -1.76. The molecule has 0 fully saturated rings. The van der Waals surface area contributed by atoms with E-state index in [0.29, 0.717) is 17.9 Å². The normalized spacial score (nSPS) is 11.9. The van der Waals surface area contributed by atoms with Crippen molar-refractivity contribution in [2.24, 2.45) is 0 Å². The van der Waals surface area contributed by atoms with Crippen LogP contribution in [0.3, 0.4) is 0 Å². The molecule has 120 valence electrons. The first-order valence-electron chi connectivity index (χ1n) is 7.07. The fourth-order valence-corrected chi connectivity index (χ4v) is 2.27. The van der Waals surface area contributed by atoms with Gasteiger partial charge in [0.05, 0.1) is 11.3 Å². The zero-order valence-corrected chi connectivity index (χ0v) is 12.7. The van der Waals surface area contributed by atoms with E-state index in [1.54, 1.807) is 14.0 Å². The molecule has 7 heteroatoms. The van der Waals surface area contributed by atoms with Gasteiger partial charge in [0.25, 0.3) is 5.91 Å². The van der Waals surface area contributed by atoms with Crippen LogP contribution >= 0.6 is 0 Å². The van der Waals surface area contributed by atoms with Gasteiger partial charge in [-0.25, -0.2) is 4.98 Å². The van der Waals surface area contributed by atoms with Crippen LogP contribution in [0.5, 0.6) is 0 Å². The number of aryl methyl sites for hydroxylation is 1. The van der Waals surface area contributed by atoms with Crippen LogP contribution in [0.25, 0.3) is 5.65 Å². The second kappa shape index (κ2) is 5.98. The lowest BCUT2D eigenvalue weighted by Gasteiger charge is -2.17. The number of aromatic nitrogens is 2. The molecular weight excluding hydrogens is 295 g/mol. The van der Waals surface area contributed by atoms with Crippen LogP contribution in [0.1, 0.15) is 41.5 Å². The van der Waals surface area contributed by atoms with E-state index in [1.165, 1.54) is 15.4 Å². The Morgan fingerprint density at radius 3 is 2.64 bits per heavy atom. The number of hydrogen-bond acceptors (Lipinski definition) is 2. The Morgan fingerprint density at radius 2 is 2.05 bits per heavy atom. The van der Waals surface area contributed by atoms with Crippen LogP contribution in [0.4, 0.5) is 13.2 Å². The molecule has 1 amide bonds. The molecule has 2 aromatic heterocycles. The fourth-order valence-electron chi connectivity index (χ4n) is 2.27. The monoisotopic (exact) mass is 313 g/mol. The average Bonchev–Trinajstić information content (AvgIpc) is 2.77. The van der Waals surface area contributed by atoms with Gasteiger partial charge in [-0.05, 0) is 25.5 Å². The topological polar surface area (TPSA) is 37.6 Å². The van der Waals surface area contributed by atoms with Crippen molar-refractivity contribution in [3.8, 4) is 0 Å². The smallest absolute Gasteiger partial charge is 0.340 e. The number of nitrogens with zero attached hydrogens (tertiary/aromatic N) is 3. The zero-order chi connectivity index (χ0) is 16.5. The van der Waals surface area contributed by atoms with Gasteiger partial charge in [-0.1, -0.05) is 13.3 Å². The molecule has 0 atom stereocenters. The minimum absolute atomic E-state index is 0.180. The first-order valence-corrected chi connectivity index (χ1v) is 7.07. The Balaban J connectivity index is 2.48. The maximum atomic E-state index is 12.9. The molecule has 0 spiro atoms. The van der Waals surface area contributed by atoms with E-state index in [-0.39, 0.29) is 11.6 Å². The summed E-state index contributed by atoms with van der Waals surface area (Å²) in [4.78, 5) is 18.2. The van der Waals surface area contributed by atoms with E-state index in [0.717, 1.165) is 25.1 Å². The Hall–Kier alpha value is -2.05. The van der Waals surface area contributed by atoms with Crippen molar-refractivity contribution in [2.75, 3.05) is 13.6 Å². The summed E-state index contributed by atoms with van der Waals surface area (Å²) in [6.45, 7) is 4.19. The van der Waals surface area contributed by atoms with Crippen molar-refractivity contribution in [2.45, 2.75) is 32.9 Å². The number of imidazole rings is 1. The van der Waals surface area contributed by atoms with E-state index in [4.69, 9.17) is 0 Å². The summed E-state index contributed by atoms with van der Waals surface area (Å²) >= 11 is 0. The summed E-state index contributed by atoms with van der Waals surface area (Å²) in [5, 5.41) is 0. The van der Waals surface area contributed by atoms with Gasteiger partial charge in [0.15, 0.2) is 0 Å². The van der Waals surface area contributed by atoms with Gasteiger partial charge in [0.2, 0.25) is 0 Å². The molecule has 0 saturated carbocycles. The van der Waals surface area contributed by atoms with Gasteiger partial charge in [-0.2, -0.15) is 13.2 Å². The summed E-state index contributed by atoms with van der Waals surface area (Å²) in [5.41, 5.74) is 0.132. The Bertz CT molecular complexity index is 691. The third kappa shape index (κ3) is 3.08. The lowest BCUT2D eigenvalue weighted by atomic mass is 10.2. The second-order valence-electron chi connectivity index (χ2n) is 5.27. The Morgan fingerprint density at radius 1 is 1.36 bits per heavy atom. The van der Waals surface area contributed by atoms with E-state index in [9.17, 15) is 18.0 Å². The fraction of sp³-hybridized carbons (Fsp3) is 0.467. The molecule has 0 aliphatic carbocycles.